The molecule has 0 atom stereocenters. The third-order valence-electron chi connectivity index (χ3n) is 1.87. The lowest BCUT2D eigenvalue weighted by Crippen LogP contribution is -1.93. The van der Waals surface area contributed by atoms with E-state index in [1.807, 2.05) is 13.0 Å². The van der Waals surface area contributed by atoms with Crippen LogP contribution in [0.2, 0.25) is 0 Å². The zero-order valence-electron chi connectivity index (χ0n) is 12.2. The van der Waals surface area contributed by atoms with Crippen LogP contribution >= 0.6 is 0 Å². The molecule has 1 rings (SSSR count). The molecule has 0 aromatic carbocycles. The monoisotopic (exact) mass is 142 g/mol. The molecule has 10 heavy (non-hydrogen) atoms. The Labute approximate surface area is 72.1 Å². The SMILES string of the molecule is [2H]C([2H])([2H])C(=C1CC=C(C)CC1)C([2H])([2H])[2H]. The topological polar surface area (TPSA) is 0 Å². The molecule has 0 aliphatic heterocycles. The van der Waals surface area contributed by atoms with E-state index in [-0.39, 0.29) is 5.57 Å². The van der Waals surface area contributed by atoms with E-state index in [2.05, 4.69) is 0 Å². The molecule has 0 unspecified atom stereocenters. The van der Waals surface area contributed by atoms with Gasteiger partial charge in [0.2, 0.25) is 0 Å². The van der Waals surface area contributed by atoms with Crippen LogP contribution in [-0.2, 0) is 0 Å². The number of hydrogen-bond acceptors (Lipinski definition) is 0. The van der Waals surface area contributed by atoms with Crippen LogP contribution in [0.4, 0.5) is 0 Å². The fourth-order valence-electron chi connectivity index (χ4n) is 1.08. The van der Waals surface area contributed by atoms with Crippen molar-refractivity contribution < 1.29 is 8.22 Å². The average Bonchev–Trinajstić information content (AvgIpc) is 2.03. The molecule has 0 heteroatoms. The summed E-state index contributed by atoms with van der Waals surface area (Å²) in [6.07, 6.45) is 3.67. The van der Waals surface area contributed by atoms with Gasteiger partial charge in [0.15, 0.2) is 0 Å². The van der Waals surface area contributed by atoms with Gasteiger partial charge >= 0.3 is 0 Å². The van der Waals surface area contributed by atoms with Gasteiger partial charge in [-0.15, -0.1) is 0 Å². The fourth-order valence-corrected chi connectivity index (χ4v) is 1.08. The van der Waals surface area contributed by atoms with Crippen LogP contribution in [0.5, 0.6) is 0 Å². The molecule has 0 fully saturated rings. The molecule has 0 N–H and O–H groups in total. The molecular formula is C10H16. The summed E-state index contributed by atoms with van der Waals surface area (Å²) in [6, 6.07) is 0. The van der Waals surface area contributed by atoms with Crippen molar-refractivity contribution in [3.05, 3.63) is 22.8 Å². The first kappa shape index (κ1) is 2.84. The summed E-state index contributed by atoms with van der Waals surface area (Å²) >= 11 is 0. The maximum Gasteiger partial charge on any atom is 0.0276 e. The Morgan fingerprint density at radius 3 is 2.80 bits per heavy atom. The maximum absolute atomic E-state index is 7.33. The Hall–Kier alpha value is -0.520. The minimum absolute atomic E-state index is 0.330. The van der Waals surface area contributed by atoms with Gasteiger partial charge < -0.3 is 0 Å². The summed E-state index contributed by atoms with van der Waals surface area (Å²) in [7, 11) is 0. The molecule has 0 amide bonds. The Morgan fingerprint density at radius 2 is 2.30 bits per heavy atom. The van der Waals surface area contributed by atoms with Crippen molar-refractivity contribution in [3.8, 4) is 0 Å². The van der Waals surface area contributed by atoms with Crippen molar-refractivity contribution in [1.29, 1.82) is 0 Å². The molecule has 1 aliphatic rings. The third-order valence-corrected chi connectivity index (χ3v) is 1.87. The second-order valence-corrected chi connectivity index (χ2v) is 2.73. The van der Waals surface area contributed by atoms with Crippen molar-refractivity contribution in [3.63, 3.8) is 0 Å². The molecule has 0 heterocycles. The van der Waals surface area contributed by atoms with Gasteiger partial charge in [-0.25, -0.2) is 0 Å². The summed E-state index contributed by atoms with van der Waals surface area (Å²) in [5.74, 6) is 0. The van der Waals surface area contributed by atoms with Gasteiger partial charge in [0.05, 0.1) is 0 Å². The molecule has 1 aliphatic carbocycles. The Morgan fingerprint density at radius 1 is 1.50 bits per heavy atom. The van der Waals surface area contributed by atoms with E-state index in [1.54, 1.807) is 0 Å². The lowest BCUT2D eigenvalue weighted by atomic mass is 9.93. The lowest BCUT2D eigenvalue weighted by molar-refractivity contribution is 0.834. The first-order valence-electron chi connectivity index (χ1n) is 6.51. The predicted octanol–water partition coefficient (Wildman–Crippen LogP) is 3.45. The summed E-state index contributed by atoms with van der Waals surface area (Å²) in [5.41, 5.74) is 1.42. The van der Waals surface area contributed by atoms with Crippen molar-refractivity contribution >= 4 is 0 Å². The van der Waals surface area contributed by atoms with Crippen LogP contribution in [-0.4, -0.2) is 0 Å². The minimum atomic E-state index is -2.51. The van der Waals surface area contributed by atoms with Gasteiger partial charge in [-0.3, -0.25) is 0 Å². The number of rotatable bonds is 0. The normalized spacial score (nSPS) is 30.1. The smallest absolute Gasteiger partial charge is 0.0276 e. The van der Waals surface area contributed by atoms with Crippen molar-refractivity contribution in [2.24, 2.45) is 0 Å². The van der Waals surface area contributed by atoms with Crippen LogP contribution in [0.3, 0.4) is 0 Å². The van der Waals surface area contributed by atoms with Crippen LogP contribution < -0.4 is 0 Å². The van der Waals surface area contributed by atoms with E-state index < -0.39 is 13.7 Å². The van der Waals surface area contributed by atoms with Crippen molar-refractivity contribution in [2.75, 3.05) is 0 Å². The molecule has 0 aromatic rings. The van der Waals surface area contributed by atoms with Crippen LogP contribution in [0.1, 0.15) is 48.1 Å². The highest BCUT2D eigenvalue weighted by atomic mass is 14.1. The number of hydrogen-bond donors (Lipinski definition) is 0. The van der Waals surface area contributed by atoms with Crippen molar-refractivity contribution in [2.45, 2.75) is 39.9 Å². The highest BCUT2D eigenvalue weighted by molar-refractivity contribution is 5.21. The van der Waals surface area contributed by atoms with E-state index in [0.717, 1.165) is 6.42 Å². The largest absolute Gasteiger partial charge is 0.0815 e. The quantitative estimate of drug-likeness (QED) is 0.454. The van der Waals surface area contributed by atoms with Crippen LogP contribution in [0.25, 0.3) is 0 Å². The predicted molar refractivity (Wildman–Crippen MR) is 46.0 cm³/mol. The van der Waals surface area contributed by atoms with E-state index in [9.17, 15) is 0 Å². The summed E-state index contributed by atoms with van der Waals surface area (Å²) in [5, 5.41) is 0. The van der Waals surface area contributed by atoms with E-state index in [1.165, 1.54) is 5.57 Å². The maximum atomic E-state index is 7.33. The molecule has 0 radical (unpaired) electrons. The first-order chi connectivity index (χ1) is 7.12. The van der Waals surface area contributed by atoms with E-state index in [4.69, 9.17) is 8.22 Å². The van der Waals surface area contributed by atoms with Gasteiger partial charge in [-0.05, 0) is 39.9 Å². The minimum Gasteiger partial charge on any atom is -0.0815 e. The van der Waals surface area contributed by atoms with Crippen LogP contribution in [0.15, 0.2) is 22.8 Å². The zero-order chi connectivity index (χ0) is 12.6. The molecule has 56 valence electrons. The molecule has 0 bridgehead atoms. The van der Waals surface area contributed by atoms with Gasteiger partial charge in [0.1, 0.15) is 0 Å². The third kappa shape index (κ3) is 1.73. The molecule has 0 saturated heterocycles. The standard InChI is InChI=1S/C10H16/c1-8(2)10-6-4-9(3)5-7-10/h4H,5-7H2,1-3H3/i1D3,2D3. The van der Waals surface area contributed by atoms with Crippen molar-refractivity contribution in [1.82, 2.24) is 0 Å². The zero-order valence-corrected chi connectivity index (χ0v) is 6.20. The Kier molecular flexibility index (Phi) is 0.867. The van der Waals surface area contributed by atoms with E-state index in [0.29, 0.717) is 18.4 Å². The highest BCUT2D eigenvalue weighted by Gasteiger charge is 2.04. The summed E-state index contributed by atoms with van der Waals surface area (Å²) in [6.45, 7) is -3.06. The second kappa shape index (κ2) is 3.05. The Balaban J connectivity index is 3.17. The first-order valence-corrected chi connectivity index (χ1v) is 3.51. The highest BCUT2D eigenvalue weighted by Crippen LogP contribution is 2.24. The fraction of sp³-hybridized carbons (Fsp3) is 0.600. The molecule has 0 spiro atoms. The second-order valence-electron chi connectivity index (χ2n) is 2.73. The Bertz CT molecular complexity index is 312. The molecular weight excluding hydrogens is 120 g/mol. The van der Waals surface area contributed by atoms with E-state index >= 15 is 0 Å². The summed E-state index contributed by atoms with van der Waals surface area (Å²) in [4.78, 5) is 0. The van der Waals surface area contributed by atoms with Gasteiger partial charge in [-0.2, -0.15) is 0 Å². The number of allylic oxidation sites excluding steroid dienone is 4. The summed E-state index contributed by atoms with van der Waals surface area (Å²) < 4.78 is 44.0. The van der Waals surface area contributed by atoms with Crippen LogP contribution in [0, 0.1) is 0 Å². The molecule has 0 aromatic heterocycles. The lowest BCUT2D eigenvalue weighted by Gasteiger charge is -2.13. The molecule has 0 saturated carbocycles. The van der Waals surface area contributed by atoms with Gasteiger partial charge in [0, 0.05) is 8.22 Å². The molecule has 0 nitrogen and oxygen atoms in total. The van der Waals surface area contributed by atoms with Gasteiger partial charge in [0.25, 0.3) is 0 Å². The van der Waals surface area contributed by atoms with Gasteiger partial charge in [-0.1, -0.05) is 22.8 Å². The average molecular weight is 142 g/mol.